The van der Waals surface area contributed by atoms with Crippen LogP contribution in [0.15, 0.2) is 0 Å². The molecule has 0 spiro atoms. The molecule has 1 aliphatic heterocycles. The molecule has 0 aromatic heterocycles. The highest BCUT2D eigenvalue weighted by molar-refractivity contribution is 8.00. The fraction of sp³-hybridized carbons (Fsp3) is 0.778. The minimum Gasteiger partial charge on any atom is -0.480 e. The van der Waals surface area contributed by atoms with E-state index in [9.17, 15) is 9.59 Å². The number of thioether (sulfide) groups is 1. The number of carboxylic acid groups (broad SMARTS) is 1. The summed E-state index contributed by atoms with van der Waals surface area (Å²) in [6.07, 6.45) is 2.32. The quantitative estimate of drug-likeness (QED) is 0.665. The fourth-order valence-electron chi connectivity index (χ4n) is 1.32. The van der Waals surface area contributed by atoms with E-state index in [0.29, 0.717) is 11.8 Å². The third-order valence-corrected chi connectivity index (χ3v) is 3.63. The number of nitrogens with one attached hydrogen (secondary N) is 2. The molecule has 1 saturated heterocycles. The van der Waals surface area contributed by atoms with Gasteiger partial charge in [-0.15, -0.1) is 0 Å². The molecule has 0 aromatic rings. The zero-order chi connectivity index (χ0) is 11.3. The summed E-state index contributed by atoms with van der Waals surface area (Å²) in [6, 6.07) is -1.25. The molecular weight excluding hydrogens is 216 g/mol. The average Bonchev–Trinajstić information content (AvgIpc) is 2.66. The van der Waals surface area contributed by atoms with Crippen molar-refractivity contribution in [1.29, 1.82) is 0 Å². The van der Waals surface area contributed by atoms with Gasteiger partial charge in [0.25, 0.3) is 0 Å². The molecule has 15 heavy (non-hydrogen) atoms. The number of carbonyl (C=O) groups is 2. The highest BCUT2D eigenvalue weighted by Gasteiger charge is 2.18. The zero-order valence-electron chi connectivity index (χ0n) is 8.66. The van der Waals surface area contributed by atoms with Gasteiger partial charge in [-0.05, 0) is 25.5 Å². The Morgan fingerprint density at radius 1 is 1.60 bits per heavy atom. The van der Waals surface area contributed by atoms with Crippen molar-refractivity contribution in [3.05, 3.63) is 0 Å². The highest BCUT2D eigenvalue weighted by atomic mass is 32.2. The molecule has 1 unspecified atom stereocenters. The van der Waals surface area contributed by atoms with Gasteiger partial charge in [0.1, 0.15) is 6.04 Å². The van der Waals surface area contributed by atoms with Gasteiger partial charge in [-0.3, -0.25) is 4.79 Å². The lowest BCUT2D eigenvalue weighted by atomic mass is 10.2. The van der Waals surface area contributed by atoms with Gasteiger partial charge < -0.3 is 15.7 Å². The van der Waals surface area contributed by atoms with Crippen LogP contribution in [-0.2, 0) is 4.79 Å². The number of urea groups is 1. The first kappa shape index (κ1) is 12.2. The largest absolute Gasteiger partial charge is 0.480 e. The van der Waals surface area contributed by atoms with Gasteiger partial charge >= 0.3 is 12.0 Å². The molecule has 2 atom stereocenters. The summed E-state index contributed by atoms with van der Waals surface area (Å²) in [5.74, 6) is 0.125. The number of hydrogen-bond donors (Lipinski definition) is 3. The van der Waals surface area contributed by atoms with Crippen LogP contribution in [0.3, 0.4) is 0 Å². The van der Waals surface area contributed by atoms with E-state index in [1.807, 2.05) is 11.8 Å². The molecule has 0 aromatic carbocycles. The minimum atomic E-state index is -1.03. The van der Waals surface area contributed by atoms with Gasteiger partial charge in [0.15, 0.2) is 0 Å². The monoisotopic (exact) mass is 232 g/mol. The van der Waals surface area contributed by atoms with Crippen molar-refractivity contribution in [2.75, 3.05) is 12.3 Å². The van der Waals surface area contributed by atoms with E-state index in [4.69, 9.17) is 5.11 Å². The Balaban J connectivity index is 2.15. The van der Waals surface area contributed by atoms with Crippen LogP contribution in [0.5, 0.6) is 0 Å². The van der Waals surface area contributed by atoms with Crippen molar-refractivity contribution < 1.29 is 14.7 Å². The molecule has 1 aliphatic rings. The highest BCUT2D eigenvalue weighted by Crippen LogP contribution is 2.25. The van der Waals surface area contributed by atoms with Gasteiger partial charge in [0.05, 0.1) is 0 Å². The Labute approximate surface area is 93.0 Å². The molecule has 1 rings (SSSR count). The number of carbonyl (C=O) groups excluding carboxylic acids is 1. The topological polar surface area (TPSA) is 78.4 Å². The van der Waals surface area contributed by atoms with Crippen LogP contribution < -0.4 is 10.6 Å². The van der Waals surface area contributed by atoms with Crippen molar-refractivity contribution in [3.63, 3.8) is 0 Å². The number of amides is 2. The van der Waals surface area contributed by atoms with Crippen LogP contribution in [-0.4, -0.2) is 40.7 Å². The lowest BCUT2D eigenvalue weighted by Crippen LogP contribution is -2.45. The Bertz CT molecular complexity index is 242. The van der Waals surface area contributed by atoms with Crippen LogP contribution in [0.4, 0.5) is 4.79 Å². The summed E-state index contributed by atoms with van der Waals surface area (Å²) < 4.78 is 0. The molecule has 1 heterocycles. The van der Waals surface area contributed by atoms with Gasteiger partial charge in [0, 0.05) is 11.8 Å². The standard InChI is InChI=1S/C9H16N2O3S/c1-6(8(12)13)11-9(14)10-5-7-3-2-4-15-7/h6-7H,2-5H2,1H3,(H,12,13)(H2,10,11,14)/t6-,7?/m1/s1. The van der Waals surface area contributed by atoms with E-state index >= 15 is 0 Å². The fourth-order valence-corrected chi connectivity index (χ4v) is 2.52. The molecule has 6 heteroatoms. The normalized spacial score (nSPS) is 22.1. The Morgan fingerprint density at radius 2 is 2.33 bits per heavy atom. The van der Waals surface area contributed by atoms with E-state index < -0.39 is 18.0 Å². The molecule has 5 nitrogen and oxygen atoms in total. The second-order valence-corrected chi connectivity index (χ2v) is 4.96. The SMILES string of the molecule is C[C@@H](NC(=O)NCC1CCCS1)C(=O)O. The molecule has 0 aliphatic carbocycles. The van der Waals surface area contributed by atoms with Crippen LogP contribution in [0.2, 0.25) is 0 Å². The molecular formula is C9H16N2O3S. The van der Waals surface area contributed by atoms with E-state index in [1.54, 1.807) is 0 Å². The zero-order valence-corrected chi connectivity index (χ0v) is 9.47. The van der Waals surface area contributed by atoms with Crippen molar-refractivity contribution in [2.24, 2.45) is 0 Å². The molecule has 86 valence electrons. The second-order valence-electron chi connectivity index (χ2n) is 3.55. The van der Waals surface area contributed by atoms with Crippen molar-refractivity contribution in [2.45, 2.75) is 31.1 Å². The molecule has 0 saturated carbocycles. The van der Waals surface area contributed by atoms with Crippen LogP contribution in [0.25, 0.3) is 0 Å². The minimum absolute atomic E-state index is 0.405. The molecule has 0 radical (unpaired) electrons. The van der Waals surface area contributed by atoms with Crippen molar-refractivity contribution in [1.82, 2.24) is 10.6 Å². The van der Waals surface area contributed by atoms with E-state index in [-0.39, 0.29) is 0 Å². The number of rotatable bonds is 4. The lowest BCUT2D eigenvalue weighted by molar-refractivity contribution is -0.138. The number of aliphatic carboxylic acids is 1. The smallest absolute Gasteiger partial charge is 0.325 e. The summed E-state index contributed by atoms with van der Waals surface area (Å²) in [6.45, 7) is 2.05. The third kappa shape index (κ3) is 4.42. The van der Waals surface area contributed by atoms with Crippen molar-refractivity contribution >= 4 is 23.8 Å². The number of carboxylic acids is 1. The third-order valence-electron chi connectivity index (χ3n) is 2.23. The summed E-state index contributed by atoms with van der Waals surface area (Å²) >= 11 is 1.85. The first-order valence-corrected chi connectivity index (χ1v) is 6.03. The molecule has 1 fully saturated rings. The van der Waals surface area contributed by atoms with Gasteiger partial charge in [-0.1, -0.05) is 0 Å². The molecule has 3 N–H and O–H groups in total. The average molecular weight is 232 g/mol. The second kappa shape index (κ2) is 5.85. The maximum absolute atomic E-state index is 11.2. The first-order chi connectivity index (χ1) is 7.09. The van der Waals surface area contributed by atoms with Crippen molar-refractivity contribution in [3.8, 4) is 0 Å². The Morgan fingerprint density at radius 3 is 2.87 bits per heavy atom. The van der Waals surface area contributed by atoms with Gasteiger partial charge in [0.2, 0.25) is 0 Å². The number of hydrogen-bond acceptors (Lipinski definition) is 3. The van der Waals surface area contributed by atoms with E-state index in [2.05, 4.69) is 10.6 Å². The summed E-state index contributed by atoms with van der Waals surface area (Å²) in [5, 5.41) is 14.1. The maximum Gasteiger partial charge on any atom is 0.325 e. The van der Waals surface area contributed by atoms with E-state index in [0.717, 1.165) is 12.2 Å². The Hall–Kier alpha value is -0.910. The molecule has 2 amide bonds. The summed E-state index contributed by atoms with van der Waals surface area (Å²) in [4.78, 5) is 21.7. The van der Waals surface area contributed by atoms with Gasteiger partial charge in [-0.2, -0.15) is 11.8 Å². The van der Waals surface area contributed by atoms with Crippen LogP contribution >= 0.6 is 11.8 Å². The predicted molar refractivity (Wildman–Crippen MR) is 59.1 cm³/mol. The van der Waals surface area contributed by atoms with E-state index in [1.165, 1.54) is 13.3 Å². The first-order valence-electron chi connectivity index (χ1n) is 4.98. The summed E-state index contributed by atoms with van der Waals surface area (Å²) in [5.41, 5.74) is 0. The van der Waals surface area contributed by atoms with Crippen LogP contribution in [0.1, 0.15) is 19.8 Å². The Kier molecular flexibility index (Phi) is 4.74. The van der Waals surface area contributed by atoms with Crippen LogP contribution in [0, 0.1) is 0 Å². The predicted octanol–water partition coefficient (Wildman–Crippen LogP) is 0.654. The lowest BCUT2D eigenvalue weighted by Gasteiger charge is -2.13. The van der Waals surface area contributed by atoms with Gasteiger partial charge in [-0.25, -0.2) is 4.79 Å². The molecule has 0 bridgehead atoms. The maximum atomic E-state index is 11.2. The summed E-state index contributed by atoms with van der Waals surface area (Å²) in [7, 11) is 0.